The van der Waals surface area contributed by atoms with Crippen LogP contribution in [0.5, 0.6) is 0 Å². The van der Waals surface area contributed by atoms with Gasteiger partial charge in [0.15, 0.2) is 0 Å². The highest BCUT2D eigenvalue weighted by Gasteiger charge is 2.07. The average Bonchev–Trinajstić information content (AvgIpc) is 2.08. The summed E-state index contributed by atoms with van der Waals surface area (Å²) in [4.78, 5) is 13.6. The zero-order valence-electron chi connectivity index (χ0n) is 6.23. The van der Waals surface area contributed by atoms with E-state index in [-0.39, 0.29) is 5.69 Å². The maximum atomic E-state index is 10.3. The second kappa shape index (κ2) is 4.23. The zero-order valence-corrected chi connectivity index (χ0v) is 8.63. The molecule has 0 N–H and O–H groups in total. The summed E-state index contributed by atoms with van der Waals surface area (Å²) >= 11 is 7.54. The van der Waals surface area contributed by atoms with E-state index in [1.165, 1.54) is 18.2 Å². The van der Waals surface area contributed by atoms with Crippen molar-refractivity contribution >= 4 is 44.7 Å². The molecule has 0 saturated heterocycles. The number of aliphatic imine (C=N–C) groups is 1. The van der Waals surface area contributed by atoms with Crippen LogP contribution in [0, 0.1) is 10.1 Å². The number of benzene rings is 1. The summed E-state index contributed by atoms with van der Waals surface area (Å²) in [6, 6.07) is 4.23. The fourth-order valence-corrected chi connectivity index (χ4v) is 1.30. The van der Waals surface area contributed by atoms with Crippen molar-refractivity contribution in [2.75, 3.05) is 0 Å². The summed E-state index contributed by atoms with van der Waals surface area (Å²) in [5, 5.41) is 12.5. The average molecular weight is 259 g/mol. The first kappa shape index (κ1) is 9.98. The Hall–Kier alpha value is -1.10. The molecule has 0 amide bonds. The highest BCUT2D eigenvalue weighted by molar-refractivity contribution is 9.10. The number of thiocarbonyl (C=S) groups is 1. The van der Waals surface area contributed by atoms with Gasteiger partial charge in [0, 0.05) is 12.1 Å². The molecule has 0 aromatic heterocycles. The van der Waals surface area contributed by atoms with E-state index in [4.69, 9.17) is 0 Å². The monoisotopic (exact) mass is 258 g/mol. The molecule has 0 spiro atoms. The molecule has 0 bridgehead atoms. The molecule has 0 unspecified atom stereocenters. The maximum Gasteiger partial charge on any atom is 0.270 e. The number of nitrogens with zero attached hydrogens (tertiary/aromatic N) is 2. The van der Waals surface area contributed by atoms with Crippen LogP contribution in [-0.2, 0) is 0 Å². The normalized spacial score (nSPS) is 9.00. The van der Waals surface area contributed by atoms with E-state index in [9.17, 15) is 10.1 Å². The molecule has 6 heteroatoms. The van der Waals surface area contributed by atoms with Gasteiger partial charge in [0.2, 0.25) is 0 Å². The molecule has 0 fully saturated rings. The van der Waals surface area contributed by atoms with Crippen LogP contribution in [-0.4, -0.2) is 10.1 Å². The van der Waals surface area contributed by atoms with E-state index in [0.717, 1.165) is 0 Å². The second-order valence-electron chi connectivity index (χ2n) is 2.10. The van der Waals surface area contributed by atoms with Crippen LogP contribution in [0.15, 0.2) is 27.7 Å². The van der Waals surface area contributed by atoms with Crippen molar-refractivity contribution in [3.05, 3.63) is 32.8 Å². The van der Waals surface area contributed by atoms with Crippen LogP contribution in [0.4, 0.5) is 11.4 Å². The number of nitro benzene ring substituents is 1. The number of nitro groups is 1. The van der Waals surface area contributed by atoms with E-state index < -0.39 is 4.92 Å². The largest absolute Gasteiger partial charge is 0.270 e. The van der Waals surface area contributed by atoms with Crippen LogP contribution in [0.1, 0.15) is 0 Å². The van der Waals surface area contributed by atoms with Gasteiger partial charge in [-0.15, -0.1) is 0 Å². The summed E-state index contributed by atoms with van der Waals surface area (Å²) < 4.78 is 0.527. The molecule has 66 valence electrons. The lowest BCUT2D eigenvalue weighted by Gasteiger charge is -1.95. The Morgan fingerprint density at radius 3 is 2.77 bits per heavy atom. The van der Waals surface area contributed by atoms with Crippen LogP contribution in [0.3, 0.4) is 0 Å². The Labute approximate surface area is 87.6 Å². The van der Waals surface area contributed by atoms with Crippen molar-refractivity contribution in [1.82, 2.24) is 0 Å². The van der Waals surface area contributed by atoms with Gasteiger partial charge in [-0.25, -0.2) is 0 Å². The number of hydrogen-bond acceptors (Lipinski definition) is 4. The van der Waals surface area contributed by atoms with Crippen LogP contribution in [0.25, 0.3) is 0 Å². The minimum Gasteiger partial charge on any atom is -0.258 e. The van der Waals surface area contributed by atoms with Gasteiger partial charge < -0.3 is 0 Å². The lowest BCUT2D eigenvalue weighted by Crippen LogP contribution is -1.86. The maximum absolute atomic E-state index is 10.3. The van der Waals surface area contributed by atoms with Crippen molar-refractivity contribution in [1.29, 1.82) is 0 Å². The zero-order chi connectivity index (χ0) is 9.84. The molecule has 0 atom stereocenters. The van der Waals surface area contributed by atoms with Crippen molar-refractivity contribution in [3.8, 4) is 0 Å². The standard InChI is InChI=1S/C7H3BrN2O2S/c8-6-3-5(10(11)12)1-2-7(6)9-4-13/h1-3H. The van der Waals surface area contributed by atoms with Gasteiger partial charge in [0.25, 0.3) is 5.69 Å². The van der Waals surface area contributed by atoms with Crippen molar-refractivity contribution < 1.29 is 4.92 Å². The quantitative estimate of drug-likeness (QED) is 0.355. The van der Waals surface area contributed by atoms with E-state index >= 15 is 0 Å². The fourth-order valence-electron chi connectivity index (χ4n) is 0.749. The highest BCUT2D eigenvalue weighted by Crippen LogP contribution is 2.28. The molecule has 13 heavy (non-hydrogen) atoms. The lowest BCUT2D eigenvalue weighted by atomic mass is 10.3. The van der Waals surface area contributed by atoms with E-state index in [0.29, 0.717) is 10.2 Å². The molecular formula is C7H3BrN2O2S. The Kier molecular flexibility index (Phi) is 3.25. The smallest absolute Gasteiger partial charge is 0.258 e. The van der Waals surface area contributed by atoms with Gasteiger partial charge >= 0.3 is 0 Å². The van der Waals surface area contributed by atoms with E-state index in [2.05, 4.69) is 38.3 Å². The fraction of sp³-hybridized carbons (Fsp3) is 0. The first-order valence-corrected chi connectivity index (χ1v) is 4.37. The minimum atomic E-state index is -0.477. The molecule has 1 aromatic carbocycles. The van der Waals surface area contributed by atoms with Gasteiger partial charge in [-0.3, -0.25) is 10.1 Å². The minimum absolute atomic E-state index is 0.00944. The van der Waals surface area contributed by atoms with E-state index in [1.54, 1.807) is 0 Å². The molecule has 0 aliphatic heterocycles. The molecule has 0 radical (unpaired) electrons. The van der Waals surface area contributed by atoms with Gasteiger partial charge in [0.1, 0.15) is 0 Å². The van der Waals surface area contributed by atoms with Crippen LogP contribution < -0.4 is 0 Å². The molecule has 4 nitrogen and oxygen atoms in total. The molecule has 1 aromatic rings. The molecule has 1 rings (SSSR count). The molecule has 0 aliphatic rings. The van der Waals surface area contributed by atoms with Gasteiger partial charge in [-0.1, -0.05) is 0 Å². The lowest BCUT2D eigenvalue weighted by molar-refractivity contribution is -0.384. The first-order chi connectivity index (χ1) is 6.15. The van der Waals surface area contributed by atoms with Gasteiger partial charge in [-0.2, -0.15) is 4.99 Å². The Morgan fingerprint density at radius 1 is 1.62 bits per heavy atom. The van der Waals surface area contributed by atoms with Crippen molar-refractivity contribution in [2.45, 2.75) is 0 Å². The number of non-ortho nitro benzene ring substituents is 1. The van der Waals surface area contributed by atoms with E-state index in [1.807, 2.05) is 0 Å². The Bertz CT molecular complexity index is 401. The molecule has 0 heterocycles. The SMILES string of the molecule is O=[N+]([O-])c1ccc(N=C=S)c(Br)c1. The van der Waals surface area contributed by atoms with Gasteiger partial charge in [-0.05, 0) is 34.2 Å². The predicted molar refractivity (Wildman–Crippen MR) is 55.5 cm³/mol. The Morgan fingerprint density at radius 2 is 2.31 bits per heavy atom. The summed E-state index contributed by atoms with van der Waals surface area (Å²) in [6.45, 7) is 0. The highest BCUT2D eigenvalue weighted by atomic mass is 79.9. The van der Waals surface area contributed by atoms with Crippen molar-refractivity contribution in [3.63, 3.8) is 0 Å². The number of hydrogen-bond donors (Lipinski definition) is 0. The van der Waals surface area contributed by atoms with Gasteiger partial charge in [0.05, 0.1) is 20.2 Å². The summed E-state index contributed by atoms with van der Waals surface area (Å²) in [6.07, 6.45) is 0. The predicted octanol–water partition coefficient (Wildman–Crippen LogP) is 3.09. The van der Waals surface area contributed by atoms with Crippen molar-refractivity contribution in [2.24, 2.45) is 4.99 Å². The molecule has 0 aliphatic carbocycles. The molecule has 0 saturated carbocycles. The summed E-state index contributed by atoms with van der Waals surface area (Å²) in [5.41, 5.74) is 0.538. The Balaban J connectivity index is 3.19. The first-order valence-electron chi connectivity index (χ1n) is 3.17. The van der Waals surface area contributed by atoms with Crippen LogP contribution in [0.2, 0.25) is 0 Å². The number of halogens is 1. The third-order valence-electron chi connectivity index (χ3n) is 1.31. The van der Waals surface area contributed by atoms with Crippen LogP contribution >= 0.6 is 28.1 Å². The number of isothiocyanates is 1. The summed E-state index contributed by atoms with van der Waals surface area (Å²) in [7, 11) is 0. The third kappa shape index (κ3) is 2.42. The third-order valence-corrected chi connectivity index (χ3v) is 2.03. The molecular weight excluding hydrogens is 256 g/mol. The number of rotatable bonds is 2. The topological polar surface area (TPSA) is 55.5 Å². The summed E-state index contributed by atoms with van der Waals surface area (Å²) in [5.74, 6) is 0. The second-order valence-corrected chi connectivity index (χ2v) is 3.13.